The first kappa shape index (κ1) is 21.6. The summed E-state index contributed by atoms with van der Waals surface area (Å²) in [6.45, 7) is 0.0804. The Morgan fingerprint density at radius 1 is 1.17 bits per heavy atom. The quantitative estimate of drug-likeness (QED) is 0.599. The van der Waals surface area contributed by atoms with Gasteiger partial charge in [0.15, 0.2) is 15.6 Å². The minimum atomic E-state index is -4.39. The Hall–Kier alpha value is -3.12. The van der Waals surface area contributed by atoms with Crippen molar-refractivity contribution >= 4 is 26.5 Å². The molecule has 0 fully saturated rings. The second-order valence-electron chi connectivity index (χ2n) is 6.49. The van der Waals surface area contributed by atoms with Gasteiger partial charge in [0.25, 0.3) is 0 Å². The molecule has 0 unspecified atom stereocenters. The van der Waals surface area contributed by atoms with Gasteiger partial charge >= 0.3 is 6.18 Å². The fourth-order valence-corrected chi connectivity index (χ4v) is 3.52. The molecule has 9 heteroatoms. The molecule has 0 saturated carbocycles. The van der Waals surface area contributed by atoms with E-state index in [9.17, 15) is 21.6 Å². The molecular weight excluding hydrogens is 419 g/mol. The van der Waals surface area contributed by atoms with Crippen molar-refractivity contribution in [1.29, 1.82) is 0 Å². The lowest BCUT2D eigenvalue weighted by atomic mass is 10.1. The van der Waals surface area contributed by atoms with Crippen molar-refractivity contribution < 1.29 is 30.7 Å². The molecule has 3 aromatic rings. The van der Waals surface area contributed by atoms with Gasteiger partial charge in [-0.15, -0.1) is 0 Å². The third-order valence-electron chi connectivity index (χ3n) is 4.25. The van der Waals surface area contributed by atoms with Crippen molar-refractivity contribution in [2.75, 3.05) is 25.2 Å². The first-order valence-corrected chi connectivity index (χ1v) is 10.7. The molecule has 0 radical (unpaired) electrons. The van der Waals surface area contributed by atoms with Crippen LogP contribution in [-0.2, 0) is 16.3 Å². The Labute approximate surface area is 171 Å². The Morgan fingerprint density at radius 3 is 2.57 bits per heavy atom. The summed E-state index contributed by atoms with van der Waals surface area (Å²) in [6, 6.07) is 10.8. The zero-order valence-corrected chi connectivity index (χ0v) is 16.9. The smallest absolute Gasteiger partial charge is 0.393 e. The summed E-state index contributed by atoms with van der Waals surface area (Å²) >= 11 is 0. The summed E-state index contributed by atoms with van der Waals surface area (Å²) in [4.78, 5) is 0.107. The predicted octanol–water partition coefficient (Wildman–Crippen LogP) is 4.41. The van der Waals surface area contributed by atoms with Crippen LogP contribution in [0.5, 0.6) is 5.75 Å². The van der Waals surface area contributed by atoms with Crippen LogP contribution in [0.15, 0.2) is 51.8 Å². The number of nitrogens with one attached hydrogen (secondary N) is 1. The van der Waals surface area contributed by atoms with Crippen molar-refractivity contribution in [1.82, 2.24) is 0 Å². The van der Waals surface area contributed by atoms with Crippen molar-refractivity contribution in [3.8, 4) is 17.6 Å². The molecule has 0 aliphatic heterocycles. The molecule has 3 rings (SSSR count). The highest BCUT2D eigenvalue weighted by Crippen LogP contribution is 2.31. The van der Waals surface area contributed by atoms with Crippen LogP contribution in [0.2, 0.25) is 0 Å². The lowest BCUT2D eigenvalue weighted by Gasteiger charge is -2.10. The second-order valence-corrected chi connectivity index (χ2v) is 8.50. The maximum atomic E-state index is 13.0. The number of halogens is 3. The molecule has 5 nitrogen and oxygen atoms in total. The standard InChI is InChI=1S/C21H18F3NO4S/c1-28-20-12-14(30(2,26)27)9-10-17(20)25-11-5-8-19-16(13-21(22,23)24)15-6-3-4-7-18(15)29-19/h3-4,6-7,9-10,12,25H,11,13H2,1-2H3. The Balaban J connectivity index is 1.83. The van der Waals surface area contributed by atoms with Gasteiger partial charge < -0.3 is 14.5 Å². The molecule has 158 valence electrons. The highest BCUT2D eigenvalue weighted by atomic mass is 32.2. The molecular formula is C21H18F3NO4S. The Bertz CT molecular complexity index is 1230. The number of ether oxygens (including phenoxy) is 1. The first-order chi connectivity index (χ1) is 14.1. The predicted molar refractivity (Wildman–Crippen MR) is 107 cm³/mol. The third kappa shape index (κ3) is 5.07. The van der Waals surface area contributed by atoms with Crippen LogP contribution in [0.25, 0.3) is 11.0 Å². The van der Waals surface area contributed by atoms with E-state index in [1.54, 1.807) is 24.3 Å². The summed E-state index contributed by atoms with van der Waals surface area (Å²) in [5, 5.41) is 3.34. The molecule has 2 aromatic carbocycles. The molecule has 30 heavy (non-hydrogen) atoms. The van der Waals surface area contributed by atoms with E-state index in [4.69, 9.17) is 9.15 Å². The van der Waals surface area contributed by atoms with Gasteiger partial charge in [-0.25, -0.2) is 8.42 Å². The number of fused-ring (bicyclic) bond motifs is 1. The van der Waals surface area contributed by atoms with Crippen LogP contribution >= 0.6 is 0 Å². The zero-order chi connectivity index (χ0) is 21.9. The van der Waals surface area contributed by atoms with Crippen LogP contribution in [0, 0.1) is 11.8 Å². The lowest BCUT2D eigenvalue weighted by Crippen LogP contribution is -2.12. The van der Waals surface area contributed by atoms with Crippen molar-refractivity contribution in [3.05, 3.63) is 53.8 Å². The van der Waals surface area contributed by atoms with E-state index in [0.717, 1.165) is 6.26 Å². The van der Waals surface area contributed by atoms with Crippen LogP contribution in [0.4, 0.5) is 18.9 Å². The van der Waals surface area contributed by atoms with Gasteiger partial charge in [-0.1, -0.05) is 24.1 Å². The fraction of sp³-hybridized carbons (Fsp3) is 0.238. The molecule has 0 saturated heterocycles. The van der Waals surface area contributed by atoms with Gasteiger partial charge in [-0.3, -0.25) is 0 Å². The van der Waals surface area contributed by atoms with Crippen molar-refractivity contribution in [2.45, 2.75) is 17.5 Å². The molecule has 0 aliphatic carbocycles. The van der Waals surface area contributed by atoms with E-state index >= 15 is 0 Å². The Morgan fingerprint density at radius 2 is 1.90 bits per heavy atom. The number of sulfone groups is 1. The van der Waals surface area contributed by atoms with Crippen LogP contribution in [0.1, 0.15) is 11.3 Å². The largest absolute Gasteiger partial charge is 0.495 e. The van der Waals surface area contributed by atoms with Crippen molar-refractivity contribution in [2.24, 2.45) is 0 Å². The highest BCUT2D eigenvalue weighted by molar-refractivity contribution is 7.90. The molecule has 0 aliphatic rings. The summed E-state index contributed by atoms with van der Waals surface area (Å²) in [5.41, 5.74) is 0.840. The number of hydrogen-bond acceptors (Lipinski definition) is 5. The highest BCUT2D eigenvalue weighted by Gasteiger charge is 2.31. The second kappa shape index (κ2) is 8.32. The van der Waals surface area contributed by atoms with Gasteiger partial charge in [0.1, 0.15) is 11.3 Å². The first-order valence-electron chi connectivity index (χ1n) is 8.76. The third-order valence-corrected chi connectivity index (χ3v) is 5.36. The average Bonchev–Trinajstić information content (AvgIpc) is 3.00. The summed E-state index contributed by atoms with van der Waals surface area (Å²) < 4.78 is 72.9. The van der Waals surface area contributed by atoms with E-state index in [0.29, 0.717) is 22.4 Å². The SMILES string of the molecule is COc1cc(S(C)(=O)=O)ccc1NCC#Cc1oc2ccccc2c1CC(F)(F)F. The number of hydrogen-bond donors (Lipinski definition) is 1. The van der Waals surface area contributed by atoms with Gasteiger partial charge in [0.05, 0.1) is 30.7 Å². The number of rotatable bonds is 5. The normalized spacial score (nSPS) is 11.8. The molecule has 0 bridgehead atoms. The monoisotopic (exact) mass is 437 g/mol. The van der Waals surface area contributed by atoms with Gasteiger partial charge in [-0.05, 0) is 24.1 Å². The van der Waals surface area contributed by atoms with Crippen molar-refractivity contribution in [3.63, 3.8) is 0 Å². The van der Waals surface area contributed by atoms with Gasteiger partial charge in [0.2, 0.25) is 0 Å². The number of alkyl halides is 3. The maximum Gasteiger partial charge on any atom is 0.393 e. The number of benzene rings is 2. The minimum Gasteiger partial charge on any atom is -0.495 e. The van der Waals surface area contributed by atoms with E-state index in [2.05, 4.69) is 17.2 Å². The van der Waals surface area contributed by atoms with Gasteiger partial charge in [0, 0.05) is 23.3 Å². The number of anilines is 1. The van der Waals surface area contributed by atoms with Crippen LogP contribution in [0.3, 0.4) is 0 Å². The topological polar surface area (TPSA) is 68.5 Å². The van der Waals surface area contributed by atoms with E-state index in [-0.39, 0.29) is 22.8 Å². The van der Waals surface area contributed by atoms with Crippen LogP contribution < -0.4 is 10.1 Å². The summed E-state index contributed by atoms with van der Waals surface area (Å²) in [5.74, 6) is 5.66. The van der Waals surface area contributed by atoms with Gasteiger partial charge in [-0.2, -0.15) is 13.2 Å². The van der Waals surface area contributed by atoms with E-state index < -0.39 is 22.4 Å². The molecule has 1 aromatic heterocycles. The maximum absolute atomic E-state index is 13.0. The number of para-hydroxylation sites is 1. The number of methoxy groups -OCH3 is 1. The number of furan rings is 1. The molecule has 0 spiro atoms. The summed E-state index contributed by atoms with van der Waals surface area (Å²) in [6.07, 6.45) is -4.44. The molecule has 1 N–H and O–H groups in total. The fourth-order valence-electron chi connectivity index (χ4n) is 2.89. The Kier molecular flexibility index (Phi) is 5.99. The molecule has 1 heterocycles. The van der Waals surface area contributed by atoms with E-state index in [1.165, 1.54) is 25.3 Å². The minimum absolute atomic E-state index is 0.000635. The zero-order valence-electron chi connectivity index (χ0n) is 16.1. The van der Waals surface area contributed by atoms with Crippen LogP contribution in [-0.4, -0.2) is 34.5 Å². The van der Waals surface area contributed by atoms with E-state index in [1.807, 2.05) is 0 Å². The molecule has 0 atom stereocenters. The molecule has 0 amide bonds. The average molecular weight is 437 g/mol. The lowest BCUT2D eigenvalue weighted by molar-refractivity contribution is -0.127. The summed E-state index contributed by atoms with van der Waals surface area (Å²) in [7, 11) is -1.99.